The van der Waals surface area contributed by atoms with Crippen molar-refractivity contribution in [3.8, 4) is 5.69 Å². The molecule has 0 saturated carbocycles. The van der Waals surface area contributed by atoms with E-state index >= 15 is 0 Å². The lowest BCUT2D eigenvalue weighted by atomic mass is 10.1. The molecule has 3 aromatic rings. The van der Waals surface area contributed by atoms with E-state index in [9.17, 15) is 0 Å². The van der Waals surface area contributed by atoms with Crippen molar-refractivity contribution in [1.82, 2.24) is 19.1 Å². The second kappa shape index (κ2) is 6.91. The highest BCUT2D eigenvalue weighted by atomic mass is 32.1. The van der Waals surface area contributed by atoms with Gasteiger partial charge in [-0.25, -0.2) is 9.67 Å². The topological polar surface area (TPSA) is 55.6 Å². The summed E-state index contributed by atoms with van der Waals surface area (Å²) in [6, 6.07) is 10.5. The van der Waals surface area contributed by atoms with Crippen LogP contribution in [0.1, 0.15) is 38.2 Å². The van der Waals surface area contributed by atoms with Crippen LogP contribution in [0.2, 0.25) is 0 Å². The number of anilines is 1. The summed E-state index contributed by atoms with van der Waals surface area (Å²) in [7, 11) is 0. The molecule has 0 aliphatic heterocycles. The Morgan fingerprint density at radius 3 is 2.61 bits per heavy atom. The number of benzene rings is 1. The van der Waals surface area contributed by atoms with Gasteiger partial charge in [0, 0.05) is 30.3 Å². The number of nitrogens with zero attached hydrogens (tertiary/aromatic N) is 4. The zero-order chi connectivity index (χ0) is 16.2. The van der Waals surface area contributed by atoms with E-state index in [0.717, 1.165) is 23.1 Å². The molecule has 0 fully saturated rings. The lowest BCUT2D eigenvalue weighted by Gasteiger charge is -2.13. The van der Waals surface area contributed by atoms with Crippen molar-refractivity contribution >= 4 is 16.7 Å². The van der Waals surface area contributed by atoms with Crippen molar-refractivity contribution in [3.63, 3.8) is 0 Å². The quantitative estimate of drug-likeness (QED) is 0.741. The van der Waals surface area contributed by atoms with Crippen LogP contribution in [0.15, 0.2) is 42.7 Å². The van der Waals surface area contributed by atoms with Crippen LogP contribution < -0.4 is 5.32 Å². The minimum absolute atomic E-state index is 0.182. The Balaban J connectivity index is 1.66. The zero-order valence-electron chi connectivity index (χ0n) is 13.6. The van der Waals surface area contributed by atoms with Crippen molar-refractivity contribution in [2.75, 3.05) is 5.32 Å². The summed E-state index contributed by atoms with van der Waals surface area (Å²) in [5.41, 5.74) is 2.27. The summed E-state index contributed by atoms with van der Waals surface area (Å²) in [6.07, 6.45) is 4.64. The van der Waals surface area contributed by atoms with Crippen molar-refractivity contribution in [2.45, 2.75) is 33.2 Å². The van der Waals surface area contributed by atoms with Gasteiger partial charge in [0.05, 0.1) is 11.7 Å². The van der Waals surface area contributed by atoms with E-state index in [0.29, 0.717) is 5.92 Å². The minimum Gasteiger partial charge on any atom is -0.354 e. The highest BCUT2D eigenvalue weighted by Crippen LogP contribution is 2.22. The van der Waals surface area contributed by atoms with Gasteiger partial charge in [-0.15, -0.1) is 0 Å². The van der Waals surface area contributed by atoms with Gasteiger partial charge < -0.3 is 5.32 Å². The molecule has 6 heteroatoms. The first kappa shape index (κ1) is 15.7. The van der Waals surface area contributed by atoms with Gasteiger partial charge in [-0.05, 0) is 36.6 Å². The molecule has 1 atom stereocenters. The molecule has 1 N–H and O–H groups in total. The van der Waals surface area contributed by atoms with Gasteiger partial charge in [0.1, 0.15) is 5.82 Å². The first-order valence-electron chi connectivity index (χ1n) is 7.81. The summed E-state index contributed by atoms with van der Waals surface area (Å²) in [6.45, 7) is 6.49. The van der Waals surface area contributed by atoms with Crippen LogP contribution >= 0.6 is 11.5 Å². The maximum Gasteiger partial charge on any atom is 0.203 e. The molecule has 3 rings (SSSR count). The normalized spacial score (nSPS) is 12.5. The van der Waals surface area contributed by atoms with E-state index in [1.807, 2.05) is 16.9 Å². The van der Waals surface area contributed by atoms with Crippen molar-refractivity contribution in [3.05, 3.63) is 54.1 Å². The second-order valence-electron chi connectivity index (χ2n) is 6.02. The SMILES string of the molecule is CC(C)Cc1nsc(NC(C)c2ccc(-n3cccn3)cc2)n1. The van der Waals surface area contributed by atoms with Gasteiger partial charge in [-0.3, -0.25) is 0 Å². The molecule has 0 bridgehead atoms. The van der Waals surface area contributed by atoms with Crippen molar-refractivity contribution in [2.24, 2.45) is 5.92 Å². The van der Waals surface area contributed by atoms with E-state index in [1.165, 1.54) is 17.1 Å². The van der Waals surface area contributed by atoms with Gasteiger partial charge in [0.15, 0.2) is 0 Å². The average molecular weight is 327 g/mol. The van der Waals surface area contributed by atoms with Gasteiger partial charge in [0.2, 0.25) is 5.13 Å². The van der Waals surface area contributed by atoms with Crippen LogP contribution in [0, 0.1) is 5.92 Å². The second-order valence-corrected chi connectivity index (χ2v) is 6.77. The molecule has 0 aliphatic carbocycles. The molecule has 0 spiro atoms. The Morgan fingerprint density at radius 1 is 1.17 bits per heavy atom. The number of nitrogens with one attached hydrogen (secondary N) is 1. The number of hydrogen-bond acceptors (Lipinski definition) is 5. The van der Waals surface area contributed by atoms with E-state index in [-0.39, 0.29) is 6.04 Å². The molecule has 1 unspecified atom stereocenters. The Morgan fingerprint density at radius 2 is 1.96 bits per heavy atom. The summed E-state index contributed by atoms with van der Waals surface area (Å²) in [4.78, 5) is 4.56. The molecule has 1 aromatic carbocycles. The predicted octanol–water partition coefficient (Wildman–Crippen LogP) is 4.10. The van der Waals surface area contributed by atoms with Crippen LogP contribution in [0.4, 0.5) is 5.13 Å². The molecule has 0 radical (unpaired) electrons. The van der Waals surface area contributed by atoms with Crippen LogP contribution in [-0.4, -0.2) is 19.1 Å². The lowest BCUT2D eigenvalue weighted by molar-refractivity contribution is 0.627. The fourth-order valence-electron chi connectivity index (χ4n) is 2.37. The van der Waals surface area contributed by atoms with Crippen LogP contribution in [0.3, 0.4) is 0 Å². The Bertz CT molecular complexity index is 731. The molecule has 0 aliphatic rings. The van der Waals surface area contributed by atoms with Gasteiger partial charge in [-0.1, -0.05) is 26.0 Å². The zero-order valence-corrected chi connectivity index (χ0v) is 14.4. The van der Waals surface area contributed by atoms with Gasteiger partial charge >= 0.3 is 0 Å². The summed E-state index contributed by atoms with van der Waals surface area (Å²) in [5.74, 6) is 1.50. The monoisotopic (exact) mass is 327 g/mol. The number of aromatic nitrogens is 4. The first-order valence-corrected chi connectivity index (χ1v) is 8.58. The fraction of sp³-hybridized carbons (Fsp3) is 0.353. The molecule has 0 saturated heterocycles. The molecule has 120 valence electrons. The lowest BCUT2D eigenvalue weighted by Crippen LogP contribution is -2.07. The number of hydrogen-bond donors (Lipinski definition) is 1. The van der Waals surface area contributed by atoms with Gasteiger partial charge in [0.25, 0.3) is 0 Å². The Labute approximate surface area is 140 Å². The maximum atomic E-state index is 4.56. The highest BCUT2D eigenvalue weighted by molar-refractivity contribution is 7.09. The molecule has 5 nitrogen and oxygen atoms in total. The largest absolute Gasteiger partial charge is 0.354 e. The van der Waals surface area contributed by atoms with Crippen LogP contribution in [0.5, 0.6) is 0 Å². The minimum atomic E-state index is 0.182. The van der Waals surface area contributed by atoms with Crippen LogP contribution in [-0.2, 0) is 6.42 Å². The first-order chi connectivity index (χ1) is 11.1. The third-order valence-electron chi connectivity index (χ3n) is 3.56. The standard InChI is InChI=1S/C17H21N5S/c1-12(2)11-16-20-17(23-21-16)19-13(3)14-5-7-15(8-6-14)22-10-4-9-18-22/h4-10,12-13H,11H2,1-3H3,(H,19,20,21). The average Bonchev–Trinajstić information content (AvgIpc) is 3.19. The molecule has 2 heterocycles. The smallest absolute Gasteiger partial charge is 0.203 e. The van der Waals surface area contributed by atoms with E-state index in [1.54, 1.807) is 6.20 Å². The van der Waals surface area contributed by atoms with Crippen molar-refractivity contribution in [1.29, 1.82) is 0 Å². The maximum absolute atomic E-state index is 4.56. The van der Waals surface area contributed by atoms with E-state index in [2.05, 4.69) is 64.8 Å². The third-order valence-corrected chi connectivity index (χ3v) is 4.25. The molecular formula is C17H21N5S. The Hall–Kier alpha value is -2.21. The van der Waals surface area contributed by atoms with Crippen LogP contribution in [0.25, 0.3) is 5.69 Å². The Kier molecular flexibility index (Phi) is 4.71. The third kappa shape index (κ3) is 3.96. The fourth-order valence-corrected chi connectivity index (χ4v) is 3.05. The molecule has 0 amide bonds. The van der Waals surface area contributed by atoms with E-state index < -0.39 is 0 Å². The summed E-state index contributed by atoms with van der Waals surface area (Å²) in [5, 5.41) is 8.55. The van der Waals surface area contributed by atoms with E-state index in [4.69, 9.17) is 0 Å². The summed E-state index contributed by atoms with van der Waals surface area (Å²) >= 11 is 1.43. The van der Waals surface area contributed by atoms with Gasteiger partial charge in [-0.2, -0.15) is 9.47 Å². The predicted molar refractivity (Wildman–Crippen MR) is 94.1 cm³/mol. The summed E-state index contributed by atoms with van der Waals surface area (Å²) < 4.78 is 6.26. The number of rotatable bonds is 6. The van der Waals surface area contributed by atoms with Crippen molar-refractivity contribution < 1.29 is 0 Å². The molecule has 2 aromatic heterocycles. The highest BCUT2D eigenvalue weighted by Gasteiger charge is 2.10. The molecule has 23 heavy (non-hydrogen) atoms. The molecular weight excluding hydrogens is 306 g/mol.